The average Bonchev–Trinajstić information content (AvgIpc) is 3.29. The number of nitrogens with one attached hydrogen (secondary N) is 1. The molecule has 5 rings (SSSR count). The number of pyridine rings is 1. The first-order valence-electron chi connectivity index (χ1n) is 10.6. The number of H-pyrrole nitrogens is 1. The maximum Gasteiger partial charge on any atom is 0.258 e. The Morgan fingerprint density at radius 1 is 1.00 bits per heavy atom. The number of hydrogen-bond donors (Lipinski definition) is 1. The first-order valence-corrected chi connectivity index (χ1v) is 12.7. The zero-order valence-electron chi connectivity index (χ0n) is 17.8. The number of hydrogen-bond acceptors (Lipinski definition) is 3. The van der Waals surface area contributed by atoms with Crippen LogP contribution in [0.15, 0.2) is 91.6 Å². The van der Waals surface area contributed by atoms with Crippen molar-refractivity contribution >= 4 is 66.0 Å². The standard InChI is InChI=1S/C26H18Br2ClN3O2/c27-17-8-6-15(7-9-17)22-13-21(31-32(22)23(33)14-29)25-24(16-4-2-1-3-5-16)19-12-18(28)10-11-20(19)30-26(25)34/h1-12,22H,13-14H2,(H,30,34). The number of rotatable bonds is 4. The number of hydrazone groups is 1. The zero-order chi connectivity index (χ0) is 23.8. The van der Waals surface area contributed by atoms with Crippen LogP contribution >= 0.6 is 43.5 Å². The van der Waals surface area contributed by atoms with Crippen molar-refractivity contribution in [3.05, 3.63) is 103 Å². The van der Waals surface area contributed by atoms with Crippen molar-refractivity contribution in [3.8, 4) is 11.1 Å². The predicted octanol–water partition coefficient (Wildman–Crippen LogP) is 6.64. The van der Waals surface area contributed by atoms with Crippen molar-refractivity contribution in [1.29, 1.82) is 0 Å². The second-order valence-corrected chi connectivity index (χ2v) is 10.0. The van der Waals surface area contributed by atoms with Gasteiger partial charge in [-0.2, -0.15) is 5.10 Å². The van der Waals surface area contributed by atoms with E-state index in [1.165, 1.54) is 5.01 Å². The lowest BCUT2D eigenvalue weighted by Crippen LogP contribution is -2.27. The average molecular weight is 600 g/mol. The van der Waals surface area contributed by atoms with Gasteiger partial charge in [0.05, 0.1) is 17.3 Å². The summed E-state index contributed by atoms with van der Waals surface area (Å²) in [5.41, 5.74) is 4.10. The van der Waals surface area contributed by atoms with Crippen LogP contribution in [-0.4, -0.2) is 27.5 Å². The van der Waals surface area contributed by atoms with E-state index in [2.05, 4.69) is 41.9 Å². The third-order valence-corrected chi connectivity index (χ3v) is 7.11. The molecule has 0 bridgehead atoms. The van der Waals surface area contributed by atoms with E-state index in [0.29, 0.717) is 17.7 Å². The molecule has 0 saturated carbocycles. The van der Waals surface area contributed by atoms with E-state index in [9.17, 15) is 9.59 Å². The van der Waals surface area contributed by atoms with Crippen LogP contribution in [-0.2, 0) is 4.79 Å². The van der Waals surface area contributed by atoms with Crippen LogP contribution in [0.25, 0.3) is 22.0 Å². The van der Waals surface area contributed by atoms with Crippen LogP contribution < -0.4 is 5.56 Å². The summed E-state index contributed by atoms with van der Waals surface area (Å²) >= 11 is 12.9. The minimum absolute atomic E-state index is 0.198. The van der Waals surface area contributed by atoms with Crippen molar-refractivity contribution in [2.45, 2.75) is 12.5 Å². The second-order valence-electron chi connectivity index (χ2n) is 7.95. The lowest BCUT2D eigenvalue weighted by atomic mass is 9.91. The van der Waals surface area contributed by atoms with E-state index in [1.807, 2.05) is 72.8 Å². The molecule has 1 unspecified atom stereocenters. The number of amides is 1. The Morgan fingerprint density at radius 3 is 2.41 bits per heavy atom. The van der Waals surface area contributed by atoms with Crippen LogP contribution in [0.3, 0.4) is 0 Å². The fourth-order valence-corrected chi connectivity index (χ4v) is 5.09. The third kappa shape index (κ3) is 4.24. The SMILES string of the molecule is O=C(CCl)N1N=C(c2c(-c3ccccc3)c3cc(Br)ccc3[nH]c2=O)CC1c1ccc(Br)cc1. The minimum atomic E-state index is -0.351. The van der Waals surface area contributed by atoms with Gasteiger partial charge in [0.15, 0.2) is 0 Å². The van der Waals surface area contributed by atoms with Gasteiger partial charge in [0.1, 0.15) is 5.88 Å². The summed E-state index contributed by atoms with van der Waals surface area (Å²) in [7, 11) is 0. The van der Waals surface area contributed by atoms with Gasteiger partial charge in [-0.3, -0.25) is 9.59 Å². The van der Waals surface area contributed by atoms with Gasteiger partial charge in [-0.05, 0) is 41.5 Å². The molecule has 1 aromatic heterocycles. The van der Waals surface area contributed by atoms with Gasteiger partial charge in [0, 0.05) is 31.8 Å². The molecule has 170 valence electrons. The van der Waals surface area contributed by atoms with Gasteiger partial charge in [-0.1, -0.05) is 74.3 Å². The molecular weight excluding hydrogens is 582 g/mol. The number of alkyl halides is 1. The van der Waals surface area contributed by atoms with Crippen molar-refractivity contribution in [3.63, 3.8) is 0 Å². The monoisotopic (exact) mass is 597 g/mol. The Balaban J connectivity index is 1.74. The van der Waals surface area contributed by atoms with Crippen molar-refractivity contribution < 1.29 is 4.79 Å². The van der Waals surface area contributed by atoms with Gasteiger partial charge in [-0.25, -0.2) is 5.01 Å². The van der Waals surface area contributed by atoms with E-state index in [4.69, 9.17) is 11.6 Å². The maximum absolute atomic E-state index is 13.4. The highest BCUT2D eigenvalue weighted by Gasteiger charge is 2.35. The zero-order valence-corrected chi connectivity index (χ0v) is 21.7. The lowest BCUT2D eigenvalue weighted by Gasteiger charge is -2.21. The quantitative estimate of drug-likeness (QED) is 0.268. The third-order valence-electron chi connectivity index (χ3n) is 5.86. The van der Waals surface area contributed by atoms with E-state index in [-0.39, 0.29) is 23.4 Å². The van der Waals surface area contributed by atoms with Crippen LogP contribution in [0, 0.1) is 0 Å². The summed E-state index contributed by atoms with van der Waals surface area (Å²) in [6.45, 7) is 0. The Labute approximate surface area is 217 Å². The Bertz CT molecular complexity index is 1480. The first-order chi connectivity index (χ1) is 16.5. The largest absolute Gasteiger partial charge is 0.321 e. The van der Waals surface area contributed by atoms with E-state index in [1.54, 1.807) is 0 Å². The predicted molar refractivity (Wildman–Crippen MR) is 143 cm³/mol. The molecule has 8 heteroatoms. The van der Waals surface area contributed by atoms with Crippen molar-refractivity contribution in [2.24, 2.45) is 5.10 Å². The number of carbonyl (C=O) groups is 1. The van der Waals surface area contributed by atoms with E-state index < -0.39 is 0 Å². The molecule has 5 nitrogen and oxygen atoms in total. The molecule has 0 spiro atoms. The van der Waals surface area contributed by atoms with Crippen LogP contribution in [0.2, 0.25) is 0 Å². The lowest BCUT2D eigenvalue weighted by molar-refractivity contribution is -0.130. The van der Waals surface area contributed by atoms with Gasteiger partial charge in [0.2, 0.25) is 0 Å². The highest BCUT2D eigenvalue weighted by Crippen LogP contribution is 2.37. The molecule has 0 aliphatic carbocycles. The Kier molecular flexibility index (Phi) is 6.42. The van der Waals surface area contributed by atoms with E-state index in [0.717, 1.165) is 36.5 Å². The van der Waals surface area contributed by atoms with Gasteiger partial charge in [0.25, 0.3) is 11.5 Å². The van der Waals surface area contributed by atoms with Crippen LogP contribution in [0.4, 0.5) is 0 Å². The molecule has 1 aliphatic rings. The smallest absolute Gasteiger partial charge is 0.258 e. The van der Waals surface area contributed by atoms with Gasteiger partial charge in [-0.15, -0.1) is 11.6 Å². The Hall–Kier alpha value is -2.74. The molecule has 0 saturated heterocycles. The fraction of sp³-hybridized carbons (Fsp3) is 0.115. The maximum atomic E-state index is 13.4. The number of carbonyl (C=O) groups excluding carboxylic acids is 1. The molecule has 1 N–H and O–H groups in total. The summed E-state index contributed by atoms with van der Waals surface area (Å²) in [5.74, 6) is -0.512. The number of fused-ring (bicyclic) bond motifs is 1. The fourth-order valence-electron chi connectivity index (χ4n) is 4.34. The minimum Gasteiger partial charge on any atom is -0.321 e. The van der Waals surface area contributed by atoms with Gasteiger partial charge >= 0.3 is 0 Å². The molecule has 34 heavy (non-hydrogen) atoms. The molecule has 1 aliphatic heterocycles. The molecule has 0 fully saturated rings. The summed E-state index contributed by atoms with van der Waals surface area (Å²) in [4.78, 5) is 29.2. The number of halogens is 3. The summed E-state index contributed by atoms with van der Waals surface area (Å²) < 4.78 is 1.84. The van der Waals surface area contributed by atoms with Crippen molar-refractivity contribution in [2.75, 3.05) is 5.88 Å². The molecule has 4 aromatic rings. The molecule has 2 heterocycles. The summed E-state index contributed by atoms with van der Waals surface area (Å²) in [6, 6.07) is 22.9. The number of nitrogens with zero attached hydrogens (tertiary/aromatic N) is 2. The Morgan fingerprint density at radius 2 is 1.71 bits per heavy atom. The van der Waals surface area contributed by atoms with Gasteiger partial charge < -0.3 is 4.98 Å². The molecule has 1 amide bonds. The summed E-state index contributed by atoms with van der Waals surface area (Å²) in [6.07, 6.45) is 0.396. The second kappa shape index (κ2) is 9.49. The number of aromatic nitrogens is 1. The first kappa shape index (κ1) is 23.0. The van der Waals surface area contributed by atoms with Crippen molar-refractivity contribution in [1.82, 2.24) is 9.99 Å². The number of benzene rings is 3. The normalized spacial score (nSPS) is 15.6. The number of aromatic amines is 1. The molecule has 1 atom stereocenters. The molecule has 3 aromatic carbocycles. The molecule has 0 radical (unpaired) electrons. The highest BCUT2D eigenvalue weighted by molar-refractivity contribution is 9.10. The summed E-state index contributed by atoms with van der Waals surface area (Å²) in [5, 5.41) is 6.95. The van der Waals surface area contributed by atoms with Crippen LogP contribution in [0.1, 0.15) is 23.6 Å². The van der Waals surface area contributed by atoms with Crippen LogP contribution in [0.5, 0.6) is 0 Å². The topological polar surface area (TPSA) is 65.5 Å². The highest BCUT2D eigenvalue weighted by atomic mass is 79.9. The van der Waals surface area contributed by atoms with E-state index >= 15 is 0 Å². The molecular formula is C26H18Br2ClN3O2.